The van der Waals surface area contributed by atoms with Crippen LogP contribution in [-0.2, 0) is 22.4 Å². The summed E-state index contributed by atoms with van der Waals surface area (Å²) in [5, 5.41) is 12.2. The standard InChI is InChI=1S/C33H37F2N3O3/c1-4-5-15-41-32(39)37-33(2)13-14-38(22-33)21-24-7-10-27(28-11-6-23(12-16-40-3)18-31(28)35)29(17-24)25-8-9-26(20-36)30(34)19-25/h6-11,17-19H,4-5,12-16,21-22H2,1-3H3,(H,37,39)/t33-/m0/s1. The number of likely N-dealkylation sites (tertiary alicyclic amines) is 1. The number of hydrogen-bond acceptors (Lipinski definition) is 5. The molecule has 8 heteroatoms. The van der Waals surface area contributed by atoms with Crippen molar-refractivity contribution in [3.63, 3.8) is 0 Å². The van der Waals surface area contributed by atoms with Gasteiger partial charge in [0.25, 0.3) is 0 Å². The quantitative estimate of drug-likeness (QED) is 0.259. The predicted octanol–water partition coefficient (Wildman–Crippen LogP) is 6.85. The minimum Gasteiger partial charge on any atom is -0.450 e. The number of nitrogens with one attached hydrogen (secondary N) is 1. The highest BCUT2D eigenvalue weighted by Crippen LogP contribution is 2.36. The Labute approximate surface area is 240 Å². The number of methoxy groups -OCH3 is 1. The summed E-state index contributed by atoms with van der Waals surface area (Å²) in [7, 11) is 1.61. The summed E-state index contributed by atoms with van der Waals surface area (Å²) < 4.78 is 40.4. The van der Waals surface area contributed by atoms with Crippen molar-refractivity contribution < 1.29 is 23.0 Å². The summed E-state index contributed by atoms with van der Waals surface area (Å²) in [6, 6.07) is 17.2. The normalized spacial score (nSPS) is 16.9. The van der Waals surface area contributed by atoms with Crippen LogP contribution in [0.2, 0.25) is 0 Å². The summed E-state index contributed by atoms with van der Waals surface area (Å²) in [5.41, 5.74) is 3.63. The number of benzene rings is 3. The fraction of sp³-hybridized carbons (Fsp3) is 0.394. The van der Waals surface area contributed by atoms with Gasteiger partial charge in [0.2, 0.25) is 0 Å². The van der Waals surface area contributed by atoms with Gasteiger partial charge >= 0.3 is 6.09 Å². The molecule has 1 heterocycles. The Balaban J connectivity index is 1.60. The van der Waals surface area contributed by atoms with Gasteiger partial charge in [0.1, 0.15) is 17.7 Å². The van der Waals surface area contributed by atoms with Crippen molar-refractivity contribution in [3.05, 3.63) is 82.9 Å². The first-order valence-electron chi connectivity index (χ1n) is 14.0. The lowest BCUT2D eigenvalue weighted by Crippen LogP contribution is -2.48. The molecule has 1 aliphatic heterocycles. The number of carbonyl (C=O) groups excluding carboxylic acids is 1. The number of halogens is 2. The van der Waals surface area contributed by atoms with E-state index in [-0.39, 0.29) is 11.4 Å². The van der Waals surface area contributed by atoms with Crippen molar-refractivity contribution in [2.45, 2.75) is 51.6 Å². The highest BCUT2D eigenvalue weighted by atomic mass is 19.1. The number of alkyl carbamates (subject to hydrolysis) is 1. The second-order valence-corrected chi connectivity index (χ2v) is 10.9. The van der Waals surface area contributed by atoms with Crippen molar-refractivity contribution in [2.24, 2.45) is 0 Å². The third kappa shape index (κ3) is 7.69. The number of rotatable bonds is 11. The predicted molar refractivity (Wildman–Crippen MR) is 155 cm³/mol. The minimum atomic E-state index is -0.621. The van der Waals surface area contributed by atoms with Gasteiger partial charge in [-0.25, -0.2) is 13.6 Å². The Morgan fingerprint density at radius 2 is 1.80 bits per heavy atom. The zero-order valence-electron chi connectivity index (χ0n) is 23.9. The van der Waals surface area contributed by atoms with Gasteiger partial charge in [0.15, 0.2) is 0 Å². The van der Waals surface area contributed by atoms with Crippen LogP contribution in [0.25, 0.3) is 22.3 Å². The number of amides is 1. The molecule has 4 rings (SSSR count). The van der Waals surface area contributed by atoms with Crippen LogP contribution in [0, 0.1) is 23.0 Å². The molecule has 1 atom stereocenters. The van der Waals surface area contributed by atoms with Crippen LogP contribution in [-0.4, -0.2) is 49.9 Å². The maximum atomic E-state index is 15.4. The zero-order valence-corrected chi connectivity index (χ0v) is 23.9. The van der Waals surface area contributed by atoms with E-state index in [2.05, 4.69) is 10.2 Å². The summed E-state index contributed by atoms with van der Waals surface area (Å²) in [5.74, 6) is -0.988. The molecule has 1 N–H and O–H groups in total. The van der Waals surface area contributed by atoms with Crippen LogP contribution in [0.3, 0.4) is 0 Å². The van der Waals surface area contributed by atoms with Gasteiger partial charge in [0.05, 0.1) is 24.3 Å². The van der Waals surface area contributed by atoms with Crippen LogP contribution >= 0.6 is 0 Å². The van der Waals surface area contributed by atoms with Crippen molar-refractivity contribution in [1.82, 2.24) is 10.2 Å². The van der Waals surface area contributed by atoms with Gasteiger partial charge in [-0.3, -0.25) is 4.90 Å². The molecule has 0 saturated carbocycles. The maximum Gasteiger partial charge on any atom is 0.407 e. The monoisotopic (exact) mass is 561 g/mol. The number of nitriles is 1. The molecule has 1 fully saturated rings. The fourth-order valence-electron chi connectivity index (χ4n) is 5.23. The first-order valence-corrected chi connectivity index (χ1v) is 14.0. The van der Waals surface area contributed by atoms with E-state index < -0.39 is 17.4 Å². The molecular weight excluding hydrogens is 524 g/mol. The first-order chi connectivity index (χ1) is 19.7. The molecule has 0 bridgehead atoms. The third-order valence-electron chi connectivity index (χ3n) is 7.50. The molecule has 0 aromatic heterocycles. The molecule has 0 unspecified atom stereocenters. The van der Waals surface area contributed by atoms with Crippen molar-refractivity contribution in [2.75, 3.05) is 33.4 Å². The molecule has 3 aromatic rings. The van der Waals surface area contributed by atoms with Crippen LogP contribution < -0.4 is 5.32 Å². The summed E-state index contributed by atoms with van der Waals surface area (Å²) in [4.78, 5) is 14.5. The number of carbonyl (C=O) groups is 1. The van der Waals surface area contributed by atoms with E-state index in [4.69, 9.17) is 9.47 Å². The topological polar surface area (TPSA) is 74.6 Å². The summed E-state index contributed by atoms with van der Waals surface area (Å²) in [6.45, 7) is 7.00. The smallest absolute Gasteiger partial charge is 0.407 e. The average molecular weight is 562 g/mol. The average Bonchev–Trinajstić information content (AvgIpc) is 3.31. The summed E-state index contributed by atoms with van der Waals surface area (Å²) in [6.07, 6.45) is 2.77. The van der Waals surface area contributed by atoms with Gasteiger partial charge in [0, 0.05) is 32.3 Å². The van der Waals surface area contributed by atoms with Crippen molar-refractivity contribution in [3.8, 4) is 28.3 Å². The van der Waals surface area contributed by atoms with Gasteiger partial charge in [-0.05, 0) is 78.3 Å². The minimum absolute atomic E-state index is 0.0443. The second-order valence-electron chi connectivity index (χ2n) is 10.9. The molecule has 1 saturated heterocycles. The number of ether oxygens (including phenoxy) is 2. The Kier molecular flexibility index (Phi) is 10.1. The molecule has 0 spiro atoms. The fourth-order valence-corrected chi connectivity index (χ4v) is 5.23. The number of nitrogens with zero attached hydrogens (tertiary/aromatic N) is 2. The van der Waals surface area contributed by atoms with Gasteiger partial charge in [-0.15, -0.1) is 0 Å². The zero-order chi connectivity index (χ0) is 29.4. The molecular formula is C33H37F2N3O3. The van der Waals surface area contributed by atoms with Crippen molar-refractivity contribution in [1.29, 1.82) is 5.26 Å². The van der Waals surface area contributed by atoms with Crippen LogP contribution in [0.5, 0.6) is 0 Å². The largest absolute Gasteiger partial charge is 0.450 e. The van der Waals surface area contributed by atoms with Crippen LogP contribution in [0.15, 0.2) is 54.6 Å². The molecule has 0 radical (unpaired) electrons. The Bertz CT molecular complexity index is 1420. The van der Waals surface area contributed by atoms with Crippen LogP contribution in [0.1, 0.15) is 49.8 Å². The summed E-state index contributed by atoms with van der Waals surface area (Å²) >= 11 is 0. The van der Waals surface area contributed by atoms with E-state index in [0.29, 0.717) is 55.0 Å². The molecule has 0 aliphatic carbocycles. The Morgan fingerprint density at radius 1 is 1.02 bits per heavy atom. The van der Waals surface area contributed by atoms with E-state index in [1.807, 2.05) is 44.2 Å². The lowest BCUT2D eigenvalue weighted by Gasteiger charge is -2.26. The van der Waals surface area contributed by atoms with E-state index in [1.165, 1.54) is 18.2 Å². The highest BCUT2D eigenvalue weighted by molar-refractivity contribution is 5.84. The molecule has 41 heavy (non-hydrogen) atoms. The Hall–Kier alpha value is -3.80. The lowest BCUT2D eigenvalue weighted by atomic mass is 9.91. The second kappa shape index (κ2) is 13.7. The molecule has 1 aliphatic rings. The number of unbranched alkanes of at least 4 members (excludes halogenated alkanes) is 1. The first kappa shape index (κ1) is 30.2. The van der Waals surface area contributed by atoms with E-state index in [9.17, 15) is 14.4 Å². The number of hydrogen-bond donors (Lipinski definition) is 1. The Morgan fingerprint density at radius 3 is 2.51 bits per heavy atom. The van der Waals surface area contributed by atoms with E-state index in [0.717, 1.165) is 36.9 Å². The molecule has 216 valence electrons. The molecule has 6 nitrogen and oxygen atoms in total. The third-order valence-corrected chi connectivity index (χ3v) is 7.50. The van der Waals surface area contributed by atoms with Gasteiger partial charge in [-0.1, -0.05) is 43.7 Å². The maximum absolute atomic E-state index is 15.4. The van der Waals surface area contributed by atoms with E-state index >= 15 is 4.39 Å². The molecule has 1 amide bonds. The van der Waals surface area contributed by atoms with Crippen molar-refractivity contribution >= 4 is 6.09 Å². The van der Waals surface area contributed by atoms with Crippen LogP contribution in [0.4, 0.5) is 13.6 Å². The SMILES string of the molecule is CCCCOC(=O)N[C@@]1(C)CCN(Cc2ccc(-c3ccc(CCOC)cc3F)c(-c3ccc(C#N)c(F)c3)c2)C1. The highest BCUT2D eigenvalue weighted by Gasteiger charge is 2.35. The molecule has 3 aromatic carbocycles. The van der Waals surface area contributed by atoms with E-state index in [1.54, 1.807) is 19.2 Å². The van der Waals surface area contributed by atoms with Gasteiger partial charge < -0.3 is 14.8 Å². The lowest BCUT2D eigenvalue weighted by molar-refractivity contribution is 0.132. The van der Waals surface area contributed by atoms with Gasteiger partial charge in [-0.2, -0.15) is 5.26 Å².